The second-order valence-corrected chi connectivity index (χ2v) is 4.50. The highest BCUT2D eigenvalue weighted by atomic mass is 16.5. The third-order valence-electron chi connectivity index (χ3n) is 3.15. The molecule has 0 unspecified atom stereocenters. The second-order valence-electron chi connectivity index (χ2n) is 4.50. The fraction of sp³-hybridized carbons (Fsp3) is 0.214. The molecule has 0 radical (unpaired) electrons. The van der Waals surface area contributed by atoms with Crippen LogP contribution in [0, 0.1) is 5.41 Å². The Kier molecular flexibility index (Phi) is 2.87. The molecule has 2 aromatic rings. The van der Waals surface area contributed by atoms with Gasteiger partial charge in [0.05, 0.1) is 11.8 Å². The van der Waals surface area contributed by atoms with E-state index in [9.17, 15) is 0 Å². The summed E-state index contributed by atoms with van der Waals surface area (Å²) in [5.74, 6) is 0.956. The number of rotatable bonds is 3. The molecule has 0 spiro atoms. The molecule has 1 aliphatic rings. The van der Waals surface area contributed by atoms with Gasteiger partial charge in [0.15, 0.2) is 0 Å². The number of amidine groups is 1. The van der Waals surface area contributed by atoms with E-state index < -0.39 is 0 Å². The van der Waals surface area contributed by atoms with Gasteiger partial charge in [0.1, 0.15) is 11.6 Å². The molecule has 0 saturated carbocycles. The van der Waals surface area contributed by atoms with Crippen molar-refractivity contribution in [2.75, 3.05) is 0 Å². The number of hydrogen-bond donors (Lipinski definition) is 2. The Morgan fingerprint density at radius 3 is 3.00 bits per heavy atom. The summed E-state index contributed by atoms with van der Waals surface area (Å²) >= 11 is 0. The SMILES string of the molecule is N=C(N)c1cc2c(nc1Oc1cccnc1)CCC2. The number of nitrogens with zero attached hydrogens (tertiary/aromatic N) is 2. The maximum absolute atomic E-state index is 7.65. The van der Waals surface area contributed by atoms with Crippen LogP contribution in [0.15, 0.2) is 30.6 Å². The molecule has 2 heterocycles. The van der Waals surface area contributed by atoms with E-state index in [1.54, 1.807) is 24.5 Å². The molecular weight excluding hydrogens is 240 g/mol. The third kappa shape index (κ3) is 2.27. The Morgan fingerprint density at radius 1 is 1.37 bits per heavy atom. The van der Waals surface area contributed by atoms with Crippen molar-refractivity contribution in [1.82, 2.24) is 9.97 Å². The molecular formula is C14H14N4O. The van der Waals surface area contributed by atoms with Gasteiger partial charge >= 0.3 is 0 Å². The summed E-state index contributed by atoms with van der Waals surface area (Å²) in [6, 6.07) is 5.51. The van der Waals surface area contributed by atoms with Crippen LogP contribution in [0.3, 0.4) is 0 Å². The van der Waals surface area contributed by atoms with Gasteiger partial charge in [-0.2, -0.15) is 0 Å². The van der Waals surface area contributed by atoms with Gasteiger partial charge in [0, 0.05) is 11.9 Å². The molecule has 19 heavy (non-hydrogen) atoms. The van der Waals surface area contributed by atoms with Gasteiger partial charge in [-0.05, 0) is 43.0 Å². The van der Waals surface area contributed by atoms with E-state index in [2.05, 4.69) is 9.97 Å². The maximum atomic E-state index is 7.65. The van der Waals surface area contributed by atoms with Crippen LogP contribution in [0.5, 0.6) is 11.6 Å². The monoisotopic (exact) mass is 254 g/mol. The standard InChI is InChI=1S/C14H14N4O/c15-13(16)11-7-9-3-1-5-12(9)18-14(11)19-10-4-2-6-17-8-10/h2,4,6-8H,1,3,5H2,(H3,15,16). The van der Waals surface area contributed by atoms with E-state index >= 15 is 0 Å². The van der Waals surface area contributed by atoms with E-state index in [1.807, 2.05) is 6.07 Å². The van der Waals surface area contributed by atoms with Gasteiger partial charge in [-0.3, -0.25) is 10.4 Å². The quantitative estimate of drug-likeness (QED) is 0.648. The van der Waals surface area contributed by atoms with E-state index in [0.29, 0.717) is 17.2 Å². The fourth-order valence-corrected chi connectivity index (χ4v) is 2.24. The topological polar surface area (TPSA) is 84.9 Å². The number of nitrogens with two attached hydrogens (primary N) is 1. The smallest absolute Gasteiger partial charge is 0.230 e. The zero-order chi connectivity index (χ0) is 13.2. The molecule has 5 nitrogen and oxygen atoms in total. The second kappa shape index (κ2) is 4.68. The highest BCUT2D eigenvalue weighted by Crippen LogP contribution is 2.29. The van der Waals surface area contributed by atoms with Crippen molar-refractivity contribution in [2.24, 2.45) is 5.73 Å². The lowest BCUT2D eigenvalue weighted by atomic mass is 10.1. The molecule has 0 saturated heterocycles. The molecule has 1 aliphatic carbocycles. The number of aromatic nitrogens is 2. The maximum Gasteiger partial charge on any atom is 0.230 e. The van der Waals surface area contributed by atoms with Crippen LogP contribution in [0.1, 0.15) is 23.2 Å². The Balaban J connectivity index is 2.02. The predicted molar refractivity (Wildman–Crippen MR) is 71.6 cm³/mol. The van der Waals surface area contributed by atoms with E-state index in [0.717, 1.165) is 25.0 Å². The van der Waals surface area contributed by atoms with Crippen LogP contribution in [0.25, 0.3) is 0 Å². The summed E-state index contributed by atoms with van der Waals surface area (Å²) in [6.07, 6.45) is 6.33. The van der Waals surface area contributed by atoms with Crippen LogP contribution < -0.4 is 10.5 Å². The van der Waals surface area contributed by atoms with Gasteiger partial charge in [-0.25, -0.2) is 4.98 Å². The molecule has 0 amide bonds. The minimum absolute atomic E-state index is 0.0268. The predicted octanol–water partition coefficient (Wildman–Crippen LogP) is 2.04. The van der Waals surface area contributed by atoms with E-state index in [4.69, 9.17) is 15.9 Å². The lowest BCUT2D eigenvalue weighted by Gasteiger charge is -2.11. The highest BCUT2D eigenvalue weighted by molar-refractivity contribution is 5.97. The molecule has 3 N–H and O–H groups in total. The van der Waals surface area contributed by atoms with Crippen molar-refractivity contribution >= 4 is 5.84 Å². The first-order valence-corrected chi connectivity index (χ1v) is 6.19. The summed E-state index contributed by atoms with van der Waals surface area (Å²) in [5.41, 5.74) is 8.37. The van der Waals surface area contributed by atoms with Crippen molar-refractivity contribution < 1.29 is 4.74 Å². The normalized spacial score (nSPS) is 13.1. The summed E-state index contributed by atoms with van der Waals surface area (Å²) in [6.45, 7) is 0. The van der Waals surface area contributed by atoms with Gasteiger partial charge in [0.25, 0.3) is 0 Å². The van der Waals surface area contributed by atoms with Crippen LogP contribution in [-0.4, -0.2) is 15.8 Å². The summed E-state index contributed by atoms with van der Waals surface area (Å²) in [5, 5.41) is 7.65. The Bertz CT molecular complexity index is 625. The Hall–Kier alpha value is -2.43. The lowest BCUT2D eigenvalue weighted by molar-refractivity contribution is 0.457. The number of nitrogen functional groups attached to an aromatic ring is 1. The largest absolute Gasteiger partial charge is 0.437 e. The van der Waals surface area contributed by atoms with E-state index in [-0.39, 0.29) is 5.84 Å². The van der Waals surface area contributed by atoms with Crippen molar-refractivity contribution in [2.45, 2.75) is 19.3 Å². The Morgan fingerprint density at radius 2 is 2.26 bits per heavy atom. The Labute approximate surface area is 111 Å². The van der Waals surface area contributed by atoms with Gasteiger partial charge in [-0.1, -0.05) is 0 Å². The van der Waals surface area contributed by atoms with Gasteiger partial charge in [0.2, 0.25) is 5.88 Å². The van der Waals surface area contributed by atoms with Crippen LogP contribution >= 0.6 is 0 Å². The summed E-state index contributed by atoms with van der Waals surface area (Å²) < 4.78 is 5.70. The fourth-order valence-electron chi connectivity index (χ4n) is 2.24. The van der Waals surface area contributed by atoms with Gasteiger partial charge < -0.3 is 10.5 Å². The number of nitrogens with one attached hydrogen (secondary N) is 1. The zero-order valence-corrected chi connectivity index (χ0v) is 10.4. The number of ether oxygens (including phenoxy) is 1. The molecule has 3 rings (SSSR count). The summed E-state index contributed by atoms with van der Waals surface area (Å²) in [7, 11) is 0. The first kappa shape index (κ1) is 11.6. The average molecular weight is 254 g/mol. The van der Waals surface area contributed by atoms with Crippen molar-refractivity contribution in [3.05, 3.63) is 47.4 Å². The molecule has 2 aromatic heterocycles. The minimum atomic E-state index is -0.0268. The molecule has 0 bridgehead atoms. The molecule has 0 aliphatic heterocycles. The zero-order valence-electron chi connectivity index (χ0n) is 10.4. The highest BCUT2D eigenvalue weighted by Gasteiger charge is 2.19. The number of pyridine rings is 2. The van der Waals surface area contributed by atoms with Crippen molar-refractivity contribution in [3.63, 3.8) is 0 Å². The first-order valence-electron chi connectivity index (χ1n) is 6.19. The van der Waals surface area contributed by atoms with Gasteiger partial charge in [-0.15, -0.1) is 0 Å². The minimum Gasteiger partial charge on any atom is -0.437 e. The lowest BCUT2D eigenvalue weighted by Crippen LogP contribution is -2.14. The molecule has 0 atom stereocenters. The third-order valence-corrected chi connectivity index (χ3v) is 3.15. The molecule has 0 aromatic carbocycles. The van der Waals surface area contributed by atoms with Crippen molar-refractivity contribution in [3.8, 4) is 11.6 Å². The molecule has 96 valence electrons. The number of fused-ring (bicyclic) bond motifs is 1. The average Bonchev–Trinajstić information content (AvgIpc) is 2.86. The first-order chi connectivity index (χ1) is 9.24. The van der Waals surface area contributed by atoms with Crippen molar-refractivity contribution in [1.29, 1.82) is 5.41 Å². The molecule has 5 heteroatoms. The molecule has 0 fully saturated rings. The van der Waals surface area contributed by atoms with E-state index in [1.165, 1.54) is 5.56 Å². The number of hydrogen-bond acceptors (Lipinski definition) is 4. The number of aryl methyl sites for hydroxylation is 2. The van der Waals surface area contributed by atoms with Crippen LogP contribution in [0.4, 0.5) is 0 Å². The van der Waals surface area contributed by atoms with Crippen LogP contribution in [-0.2, 0) is 12.8 Å². The van der Waals surface area contributed by atoms with Crippen LogP contribution in [0.2, 0.25) is 0 Å². The summed E-state index contributed by atoms with van der Waals surface area (Å²) in [4.78, 5) is 8.49.